The highest BCUT2D eigenvalue weighted by Gasteiger charge is 2.57. The van der Waals surface area contributed by atoms with Crippen molar-refractivity contribution in [3.05, 3.63) is 58.2 Å². The highest BCUT2D eigenvalue weighted by atomic mass is 32.1. The van der Waals surface area contributed by atoms with Crippen molar-refractivity contribution in [3.63, 3.8) is 0 Å². The van der Waals surface area contributed by atoms with Crippen LogP contribution in [0.15, 0.2) is 52.6 Å². The predicted octanol–water partition coefficient (Wildman–Crippen LogP) is 3.65. The minimum Gasteiger partial charge on any atom is -0.443 e. The van der Waals surface area contributed by atoms with Gasteiger partial charge in [-0.1, -0.05) is 18.7 Å². The van der Waals surface area contributed by atoms with Crippen LogP contribution in [0.25, 0.3) is 5.76 Å². The number of benzene rings is 1. The van der Waals surface area contributed by atoms with Gasteiger partial charge in [0.25, 0.3) is 0 Å². The van der Waals surface area contributed by atoms with Gasteiger partial charge in [-0.15, -0.1) is 25.3 Å². The van der Waals surface area contributed by atoms with Gasteiger partial charge in [-0.3, -0.25) is 0 Å². The first-order chi connectivity index (χ1) is 10.9. The smallest absolute Gasteiger partial charge is 0.201 e. The Kier molecular flexibility index (Phi) is 4.63. The lowest BCUT2D eigenvalue weighted by molar-refractivity contribution is 0.386. The van der Waals surface area contributed by atoms with Crippen LogP contribution in [0.5, 0.6) is 0 Å². The lowest BCUT2D eigenvalue weighted by Gasteiger charge is -2.40. The van der Waals surface area contributed by atoms with Crippen molar-refractivity contribution in [2.24, 2.45) is 0 Å². The third kappa shape index (κ3) is 2.41. The van der Waals surface area contributed by atoms with Crippen molar-refractivity contribution in [1.29, 1.82) is 0 Å². The molecule has 0 bridgehead atoms. The van der Waals surface area contributed by atoms with Crippen molar-refractivity contribution in [2.45, 2.75) is 4.75 Å². The SMILES string of the molecule is C=CC[N+]1(S)C2=C(OC(S)=C(S)C2(S)CNC)c2ccccc21. The Morgan fingerprint density at radius 2 is 2.04 bits per heavy atom. The van der Waals surface area contributed by atoms with E-state index in [1.165, 1.54) is 0 Å². The molecular formula is C16H19N2OS4+. The number of fused-ring (bicyclic) bond motifs is 2. The van der Waals surface area contributed by atoms with Crippen molar-refractivity contribution >= 4 is 62.1 Å². The summed E-state index contributed by atoms with van der Waals surface area (Å²) >= 11 is 19.1. The zero-order valence-corrected chi connectivity index (χ0v) is 16.2. The van der Waals surface area contributed by atoms with Gasteiger partial charge in [0.2, 0.25) is 5.76 Å². The third-order valence-corrected chi connectivity index (χ3v) is 6.57. The lowest BCUT2D eigenvalue weighted by atomic mass is 9.99. The number of rotatable bonds is 4. The molecule has 2 heterocycles. The van der Waals surface area contributed by atoms with Crippen molar-refractivity contribution in [3.8, 4) is 0 Å². The summed E-state index contributed by atoms with van der Waals surface area (Å²) in [7, 11) is 1.88. The van der Waals surface area contributed by atoms with E-state index in [0.29, 0.717) is 23.1 Å². The number of hydrogen-bond acceptors (Lipinski definition) is 6. The summed E-state index contributed by atoms with van der Waals surface area (Å²) in [5.41, 5.74) is 2.98. The first kappa shape index (κ1) is 17.4. The largest absolute Gasteiger partial charge is 0.443 e. The van der Waals surface area contributed by atoms with Gasteiger partial charge < -0.3 is 10.1 Å². The van der Waals surface area contributed by atoms with Crippen LogP contribution < -0.4 is 9.21 Å². The fourth-order valence-corrected chi connectivity index (χ4v) is 5.00. The van der Waals surface area contributed by atoms with Crippen LogP contribution in [-0.4, -0.2) is 24.9 Å². The van der Waals surface area contributed by atoms with E-state index in [4.69, 9.17) is 30.2 Å². The van der Waals surface area contributed by atoms with Gasteiger partial charge in [-0.2, -0.15) is 16.5 Å². The zero-order valence-electron chi connectivity index (χ0n) is 12.7. The molecule has 0 aromatic heterocycles. The van der Waals surface area contributed by atoms with Gasteiger partial charge in [0.05, 0.1) is 23.3 Å². The zero-order chi connectivity index (χ0) is 16.8. The highest BCUT2D eigenvalue weighted by molar-refractivity contribution is 7.91. The molecule has 7 heteroatoms. The number of ether oxygens (including phenoxy) is 1. The van der Waals surface area contributed by atoms with E-state index in [1.54, 1.807) is 0 Å². The molecule has 23 heavy (non-hydrogen) atoms. The molecule has 2 unspecified atom stereocenters. The molecule has 3 rings (SSSR count). The van der Waals surface area contributed by atoms with E-state index < -0.39 is 4.75 Å². The molecule has 0 saturated heterocycles. The van der Waals surface area contributed by atoms with Gasteiger partial charge in [-0.25, -0.2) is 0 Å². The standard InChI is InChI=1S/C16H18N2OS4/c1-3-8-18(23)11-7-5-4-6-10(11)12-13(18)16(22,9-17-2)14(20)15(21)19-12/h3-7,17,23H,1,8-9H2,2H3,(H2-,20,21,22)/p+1. The first-order valence-corrected chi connectivity index (χ1v) is 8.89. The monoisotopic (exact) mass is 383 g/mol. The van der Waals surface area contributed by atoms with Crippen LogP contribution >= 0.6 is 50.7 Å². The average Bonchev–Trinajstić information content (AvgIpc) is 2.76. The number of thiol groups is 4. The predicted molar refractivity (Wildman–Crippen MR) is 111 cm³/mol. The molecule has 1 aromatic carbocycles. The topological polar surface area (TPSA) is 21.3 Å². The summed E-state index contributed by atoms with van der Waals surface area (Å²) in [6.07, 6.45) is 1.85. The van der Waals surface area contributed by atoms with Crippen molar-refractivity contribution in [1.82, 2.24) is 9.21 Å². The van der Waals surface area contributed by atoms with E-state index in [0.717, 1.165) is 22.7 Å². The van der Waals surface area contributed by atoms with E-state index in [1.807, 2.05) is 31.3 Å². The average molecular weight is 384 g/mol. The van der Waals surface area contributed by atoms with Gasteiger partial charge in [0.15, 0.2) is 16.5 Å². The van der Waals surface area contributed by atoms with Crippen LogP contribution in [0.2, 0.25) is 0 Å². The maximum absolute atomic E-state index is 6.00. The summed E-state index contributed by atoms with van der Waals surface area (Å²) in [4.78, 5) is 0.672. The highest BCUT2D eigenvalue weighted by Crippen LogP contribution is 2.58. The van der Waals surface area contributed by atoms with E-state index in [-0.39, 0.29) is 3.89 Å². The van der Waals surface area contributed by atoms with Crippen LogP contribution in [0, 0.1) is 0 Å². The molecule has 0 spiro atoms. The Labute approximate surface area is 158 Å². The molecule has 2 aliphatic rings. The minimum absolute atomic E-state index is 0.269. The normalized spacial score (nSPS) is 29.3. The van der Waals surface area contributed by atoms with Gasteiger partial charge >= 0.3 is 0 Å². The number of quaternary nitrogens is 1. The van der Waals surface area contributed by atoms with Crippen LogP contribution in [0.1, 0.15) is 5.56 Å². The second-order valence-electron chi connectivity index (χ2n) is 5.58. The second-order valence-corrected chi connectivity index (χ2v) is 7.88. The van der Waals surface area contributed by atoms with Crippen LogP contribution in [0.4, 0.5) is 5.69 Å². The molecule has 0 fully saturated rings. The lowest BCUT2D eigenvalue weighted by Crippen LogP contribution is -2.51. The third-order valence-electron chi connectivity index (χ3n) is 4.14. The fraction of sp³-hybridized carbons (Fsp3) is 0.250. The van der Waals surface area contributed by atoms with E-state index in [2.05, 4.69) is 43.2 Å². The molecule has 3 nitrogen and oxygen atoms in total. The molecule has 0 aliphatic carbocycles. The summed E-state index contributed by atoms with van der Waals surface area (Å²) in [6.45, 7) is 5.08. The van der Waals surface area contributed by atoms with Crippen LogP contribution in [-0.2, 0) is 4.74 Å². The number of para-hydroxylation sites is 1. The van der Waals surface area contributed by atoms with Gasteiger partial charge in [0, 0.05) is 12.6 Å². The second kappa shape index (κ2) is 6.13. The Hall–Kier alpha value is -0.440. The molecule has 0 radical (unpaired) electrons. The van der Waals surface area contributed by atoms with E-state index in [9.17, 15) is 0 Å². The maximum atomic E-state index is 6.00. The molecule has 2 atom stereocenters. The van der Waals surface area contributed by atoms with Crippen molar-refractivity contribution < 1.29 is 4.74 Å². The summed E-state index contributed by atoms with van der Waals surface area (Å²) in [5.74, 6) is 0.755. The molecule has 2 aliphatic heterocycles. The fourth-order valence-electron chi connectivity index (χ4n) is 3.24. The first-order valence-electron chi connectivity index (χ1n) is 7.14. The van der Waals surface area contributed by atoms with Crippen molar-refractivity contribution in [2.75, 3.05) is 20.1 Å². The Bertz CT molecular complexity index is 745. The summed E-state index contributed by atoms with van der Waals surface area (Å²) in [6, 6.07) is 8.07. The van der Waals surface area contributed by atoms with Gasteiger partial charge in [-0.05, 0) is 19.2 Å². The Morgan fingerprint density at radius 1 is 1.35 bits per heavy atom. The molecule has 1 N–H and O–H groups in total. The number of hydrogen-bond donors (Lipinski definition) is 5. The van der Waals surface area contributed by atoms with Gasteiger partial charge in [0.1, 0.15) is 11.3 Å². The number of nitrogens with one attached hydrogen (secondary N) is 1. The molecule has 0 saturated carbocycles. The summed E-state index contributed by atoms with van der Waals surface area (Å²) in [5, 5.41) is 3.66. The molecular weight excluding hydrogens is 364 g/mol. The maximum Gasteiger partial charge on any atom is 0.201 e. The van der Waals surface area contributed by atoms with E-state index >= 15 is 0 Å². The molecule has 122 valence electrons. The Morgan fingerprint density at radius 3 is 2.70 bits per heavy atom. The Balaban J connectivity index is 2.30. The van der Waals surface area contributed by atoms with Crippen LogP contribution in [0.3, 0.4) is 0 Å². The minimum atomic E-state index is -0.674. The molecule has 0 amide bonds. The quantitative estimate of drug-likeness (QED) is 0.311. The number of nitrogens with zero attached hydrogens (tertiary/aromatic N) is 1. The summed E-state index contributed by atoms with van der Waals surface area (Å²) < 4.78 is 5.60. The molecule has 1 aromatic rings.